The molecule has 0 bridgehead atoms. The Hall–Kier alpha value is -0.0106. The summed E-state index contributed by atoms with van der Waals surface area (Å²) < 4.78 is 1.47. The van der Waals surface area contributed by atoms with Gasteiger partial charge in [-0.3, -0.25) is 9.41 Å². The van der Waals surface area contributed by atoms with E-state index in [1.165, 1.54) is 10.5 Å². The Balaban J connectivity index is 0. The van der Waals surface area contributed by atoms with Crippen molar-refractivity contribution in [3.8, 4) is 0 Å². The second kappa shape index (κ2) is 5.13. The first-order valence-corrected chi connectivity index (χ1v) is 3.08. The minimum absolute atomic E-state index is 0. The predicted molar refractivity (Wildman–Crippen MR) is 26.8 cm³/mol. The average molecular weight is 297 g/mol. The second-order valence-corrected chi connectivity index (χ2v) is 2.76. The third kappa shape index (κ3) is 3.05. The van der Waals surface area contributed by atoms with Crippen LogP contribution in [-0.2, 0) is 18.9 Å². The molecule has 3 heteroatoms. The molecule has 0 unspecified atom stereocenters. The second-order valence-electron chi connectivity index (χ2n) is 1.22. The maximum absolute atomic E-state index is 2.16. The van der Waals surface area contributed by atoms with Crippen LogP contribution in [0.3, 0.4) is 0 Å². The molecule has 8 heavy (non-hydrogen) atoms. The molecule has 0 heterocycles. The van der Waals surface area contributed by atoms with Crippen molar-refractivity contribution in [2.24, 2.45) is 0 Å². The van der Waals surface area contributed by atoms with E-state index in [1.54, 1.807) is 0 Å². The van der Waals surface area contributed by atoms with Crippen molar-refractivity contribution in [3.63, 3.8) is 0 Å². The molecule has 0 saturated heterocycles. The van der Waals surface area contributed by atoms with E-state index in [0.717, 1.165) is 0 Å². The van der Waals surface area contributed by atoms with Gasteiger partial charge in [0.1, 0.15) is 0 Å². The molecule has 0 aromatic rings. The van der Waals surface area contributed by atoms with Crippen LogP contribution >= 0.6 is 0 Å². The molecule has 50 valence electrons. The molecule has 1 rings (SSSR count). The Bertz CT molecular complexity index is 107. The molecule has 0 radical (unpaired) electrons. The van der Waals surface area contributed by atoms with Crippen LogP contribution in [0.4, 0.5) is 9.41 Å². The zero-order chi connectivity index (χ0) is 4.41. The number of allylic oxidation sites excluding steroid dienone is 4. The van der Waals surface area contributed by atoms with Gasteiger partial charge in [-0.05, 0) is 0 Å². The monoisotopic (exact) mass is 298 g/mol. The van der Waals surface area contributed by atoms with E-state index in [4.69, 9.17) is 0 Å². The van der Waals surface area contributed by atoms with Crippen LogP contribution < -0.4 is 0 Å². The molecular weight excluding hydrogens is 290 g/mol. The van der Waals surface area contributed by atoms with E-state index in [-0.39, 0.29) is 9.41 Å². The zero-order valence-electron chi connectivity index (χ0n) is 4.09. The molecule has 0 atom stereocenters. The van der Waals surface area contributed by atoms with Gasteiger partial charge in [-0.1, -0.05) is 0 Å². The van der Waals surface area contributed by atoms with Crippen LogP contribution in [0.2, 0.25) is 0 Å². The van der Waals surface area contributed by atoms with Crippen molar-refractivity contribution in [3.05, 3.63) is 22.3 Å². The van der Waals surface area contributed by atoms with Crippen LogP contribution in [0.25, 0.3) is 0 Å². The fourth-order valence-electron chi connectivity index (χ4n) is 0.412. The Morgan fingerprint density at radius 2 is 2.00 bits per heavy atom. The van der Waals surface area contributed by atoms with E-state index in [2.05, 4.69) is 37.1 Å². The van der Waals surface area contributed by atoms with E-state index in [1.807, 2.05) is 0 Å². The fourth-order valence-corrected chi connectivity index (χ4v) is 0.924. The molecule has 1 aliphatic carbocycles. The van der Waals surface area contributed by atoms with Gasteiger partial charge in [0.2, 0.25) is 0 Å². The van der Waals surface area contributed by atoms with Crippen LogP contribution in [0.1, 0.15) is 6.42 Å². The van der Waals surface area contributed by atoms with E-state index in [9.17, 15) is 0 Å². The van der Waals surface area contributed by atoms with Crippen molar-refractivity contribution in [1.82, 2.24) is 0 Å². The summed E-state index contributed by atoms with van der Waals surface area (Å²) in [6, 6.07) is 0. The summed E-state index contributed by atoms with van der Waals surface area (Å²) >= 11 is 2.14. The van der Waals surface area contributed by atoms with Gasteiger partial charge in [0.05, 0.1) is 0 Å². The average Bonchev–Trinajstić information content (AvgIpc) is 1.86. The quantitative estimate of drug-likeness (QED) is 0.638. The summed E-state index contributed by atoms with van der Waals surface area (Å²) in [7, 11) is 0. The number of rotatable bonds is 0. The topological polar surface area (TPSA) is 0 Å². The van der Waals surface area contributed by atoms with Crippen molar-refractivity contribution >= 4 is 0 Å². The SMILES string of the molecule is F.F.[Ir][C]1=CC=CC1. The van der Waals surface area contributed by atoms with Crippen LogP contribution in [0, 0.1) is 0 Å². The molecule has 0 aliphatic heterocycles. The summed E-state index contributed by atoms with van der Waals surface area (Å²) in [5, 5.41) is 0. The number of hydrogen-bond acceptors (Lipinski definition) is 0. The Morgan fingerprint density at radius 1 is 1.38 bits per heavy atom. The molecule has 0 aromatic carbocycles. The standard InChI is InChI=1S/C5H5.2FH.Ir/c1-2-4-5-3-1;;;/h1-3H,4H2;2*1H;. The summed E-state index contributed by atoms with van der Waals surface area (Å²) in [6.07, 6.45) is 7.56. The first kappa shape index (κ1) is 10.9. The fraction of sp³-hybridized carbons (Fsp3) is 0.200. The van der Waals surface area contributed by atoms with E-state index >= 15 is 0 Å². The van der Waals surface area contributed by atoms with Crippen LogP contribution in [-0.4, -0.2) is 0 Å². The van der Waals surface area contributed by atoms with Gasteiger partial charge in [0, 0.05) is 0 Å². The Kier molecular flexibility index (Phi) is 6.98. The third-order valence-electron chi connectivity index (χ3n) is 0.709. The molecule has 0 aromatic heterocycles. The normalized spacial score (nSPS) is 14.0. The molecule has 0 saturated carbocycles. The molecule has 1 aliphatic rings. The van der Waals surface area contributed by atoms with Gasteiger partial charge >= 0.3 is 47.6 Å². The van der Waals surface area contributed by atoms with Crippen LogP contribution in [0.15, 0.2) is 22.3 Å². The predicted octanol–water partition coefficient (Wildman–Crippen LogP) is 1.68. The van der Waals surface area contributed by atoms with Crippen molar-refractivity contribution < 1.29 is 28.3 Å². The molecule has 0 N–H and O–H groups in total. The Labute approximate surface area is 57.6 Å². The van der Waals surface area contributed by atoms with Gasteiger partial charge in [-0.2, -0.15) is 0 Å². The third-order valence-corrected chi connectivity index (χ3v) is 1.60. The summed E-state index contributed by atoms with van der Waals surface area (Å²) in [4.78, 5) is 0. The summed E-state index contributed by atoms with van der Waals surface area (Å²) in [5.41, 5.74) is 0. The minimum atomic E-state index is 0. The van der Waals surface area contributed by atoms with Gasteiger partial charge in [0.25, 0.3) is 0 Å². The van der Waals surface area contributed by atoms with Gasteiger partial charge in [0.15, 0.2) is 0 Å². The first-order chi connectivity index (χ1) is 2.89. The summed E-state index contributed by atoms with van der Waals surface area (Å²) in [5.74, 6) is 0. The van der Waals surface area contributed by atoms with Gasteiger partial charge in [-0.15, -0.1) is 0 Å². The van der Waals surface area contributed by atoms with E-state index < -0.39 is 0 Å². The molecule has 0 fully saturated rings. The van der Waals surface area contributed by atoms with Crippen molar-refractivity contribution in [2.45, 2.75) is 6.42 Å². The molecular formula is C5H7F2Ir. The molecule has 0 amide bonds. The first-order valence-electron chi connectivity index (χ1n) is 1.88. The number of halogens is 2. The van der Waals surface area contributed by atoms with Crippen LogP contribution in [0.5, 0.6) is 0 Å². The number of hydrogen-bond donors (Lipinski definition) is 0. The Morgan fingerprint density at radius 3 is 2.12 bits per heavy atom. The van der Waals surface area contributed by atoms with Gasteiger partial charge < -0.3 is 0 Å². The summed E-state index contributed by atoms with van der Waals surface area (Å²) in [6.45, 7) is 0. The van der Waals surface area contributed by atoms with E-state index in [0.29, 0.717) is 0 Å². The van der Waals surface area contributed by atoms with Crippen molar-refractivity contribution in [2.75, 3.05) is 0 Å². The van der Waals surface area contributed by atoms with Gasteiger partial charge in [-0.25, -0.2) is 0 Å². The molecule has 0 nitrogen and oxygen atoms in total. The zero-order valence-corrected chi connectivity index (χ0v) is 6.48. The molecule has 0 spiro atoms. The van der Waals surface area contributed by atoms with Crippen molar-refractivity contribution in [1.29, 1.82) is 0 Å². The maximum atomic E-state index is 2.16.